The zero-order chi connectivity index (χ0) is 11.5. The lowest BCUT2D eigenvalue weighted by Crippen LogP contribution is -2.50. The van der Waals surface area contributed by atoms with Gasteiger partial charge in [0.1, 0.15) is 0 Å². The Kier molecular flexibility index (Phi) is 3.78. The van der Waals surface area contributed by atoms with Crippen molar-refractivity contribution < 1.29 is 9.53 Å². The zero-order valence-electron chi connectivity index (χ0n) is 9.89. The molecule has 0 radical (unpaired) electrons. The molecule has 0 aromatic rings. The van der Waals surface area contributed by atoms with Crippen LogP contribution in [0.1, 0.15) is 13.3 Å². The van der Waals surface area contributed by atoms with E-state index in [1.807, 2.05) is 11.8 Å². The molecule has 0 bridgehead atoms. The fraction of sp³-hybridized carbons (Fsp3) is 0.909. The molecule has 92 valence electrons. The number of amides is 1. The van der Waals surface area contributed by atoms with Gasteiger partial charge in [-0.15, -0.1) is 0 Å². The summed E-state index contributed by atoms with van der Waals surface area (Å²) >= 11 is 0. The molecule has 2 aliphatic heterocycles. The van der Waals surface area contributed by atoms with Gasteiger partial charge in [-0.1, -0.05) is 0 Å². The third-order valence-electron chi connectivity index (χ3n) is 3.48. The minimum atomic E-state index is -0.0355. The molecule has 0 aromatic carbocycles. The van der Waals surface area contributed by atoms with Gasteiger partial charge in [-0.05, 0) is 13.3 Å². The first kappa shape index (κ1) is 11.8. The molecule has 5 heteroatoms. The first-order valence-corrected chi connectivity index (χ1v) is 6.04. The number of nitrogens with two attached hydrogens (primary N) is 1. The number of nitrogens with zero attached hydrogens (tertiary/aromatic N) is 2. The van der Waals surface area contributed by atoms with Crippen molar-refractivity contribution in [3.8, 4) is 0 Å². The number of likely N-dealkylation sites (tertiary alicyclic amines) is 1. The number of hydrogen-bond acceptors (Lipinski definition) is 4. The Morgan fingerprint density at radius 2 is 2.06 bits per heavy atom. The highest BCUT2D eigenvalue weighted by Gasteiger charge is 2.30. The predicted octanol–water partition coefficient (Wildman–Crippen LogP) is -0.733. The Balaban J connectivity index is 1.88. The average molecular weight is 227 g/mol. The summed E-state index contributed by atoms with van der Waals surface area (Å²) in [5, 5.41) is 0. The van der Waals surface area contributed by atoms with Crippen molar-refractivity contribution in [2.45, 2.75) is 25.4 Å². The summed E-state index contributed by atoms with van der Waals surface area (Å²) in [6.45, 7) is 6.55. The van der Waals surface area contributed by atoms with Crippen molar-refractivity contribution in [1.29, 1.82) is 0 Å². The molecule has 2 saturated heterocycles. The fourth-order valence-corrected chi connectivity index (χ4v) is 2.37. The van der Waals surface area contributed by atoms with Crippen LogP contribution in [0.3, 0.4) is 0 Å². The van der Waals surface area contributed by atoms with Crippen LogP contribution in [-0.4, -0.2) is 67.2 Å². The van der Waals surface area contributed by atoms with Gasteiger partial charge in [-0.25, -0.2) is 0 Å². The number of ether oxygens (including phenoxy) is 1. The molecule has 2 N–H and O–H groups in total. The first-order valence-electron chi connectivity index (χ1n) is 6.04. The van der Waals surface area contributed by atoms with Crippen molar-refractivity contribution in [2.24, 2.45) is 5.73 Å². The summed E-state index contributed by atoms with van der Waals surface area (Å²) in [7, 11) is 0. The van der Waals surface area contributed by atoms with Gasteiger partial charge in [-0.2, -0.15) is 0 Å². The summed E-state index contributed by atoms with van der Waals surface area (Å²) < 4.78 is 5.24. The largest absolute Gasteiger partial charge is 0.378 e. The molecule has 2 aliphatic rings. The second-order valence-corrected chi connectivity index (χ2v) is 4.66. The van der Waals surface area contributed by atoms with E-state index in [4.69, 9.17) is 10.5 Å². The standard InChI is InChI=1S/C11H21N3O2/c1-9(14-3-2-10(12)8-14)11(15)13-4-6-16-7-5-13/h9-10H,2-8,12H2,1H3/t9?,10-/m0/s1. The highest BCUT2D eigenvalue weighted by atomic mass is 16.5. The number of hydrogen-bond donors (Lipinski definition) is 1. The maximum absolute atomic E-state index is 12.2. The third-order valence-corrected chi connectivity index (χ3v) is 3.48. The van der Waals surface area contributed by atoms with Gasteiger partial charge in [0.2, 0.25) is 5.91 Å². The van der Waals surface area contributed by atoms with Crippen molar-refractivity contribution in [3.63, 3.8) is 0 Å². The molecular formula is C11H21N3O2. The van der Waals surface area contributed by atoms with Crippen LogP contribution in [0.15, 0.2) is 0 Å². The fourth-order valence-electron chi connectivity index (χ4n) is 2.37. The Bertz CT molecular complexity index is 254. The Labute approximate surface area is 96.5 Å². The SMILES string of the molecule is CC(C(=O)N1CCOCC1)N1CC[C@H](N)C1. The van der Waals surface area contributed by atoms with E-state index < -0.39 is 0 Å². The molecule has 0 spiro atoms. The monoisotopic (exact) mass is 227 g/mol. The minimum Gasteiger partial charge on any atom is -0.378 e. The highest BCUT2D eigenvalue weighted by molar-refractivity contribution is 5.81. The van der Waals surface area contributed by atoms with Gasteiger partial charge in [0.15, 0.2) is 0 Å². The maximum Gasteiger partial charge on any atom is 0.239 e. The van der Waals surface area contributed by atoms with Gasteiger partial charge in [0.25, 0.3) is 0 Å². The summed E-state index contributed by atoms with van der Waals surface area (Å²) in [4.78, 5) is 16.3. The van der Waals surface area contributed by atoms with Crippen molar-refractivity contribution >= 4 is 5.91 Å². The minimum absolute atomic E-state index is 0.0355. The van der Waals surface area contributed by atoms with Gasteiger partial charge in [-0.3, -0.25) is 9.69 Å². The van der Waals surface area contributed by atoms with Crippen LogP contribution in [0.25, 0.3) is 0 Å². The maximum atomic E-state index is 12.2. The van der Waals surface area contributed by atoms with Gasteiger partial charge in [0.05, 0.1) is 19.3 Å². The van der Waals surface area contributed by atoms with E-state index in [2.05, 4.69) is 4.90 Å². The van der Waals surface area contributed by atoms with E-state index in [1.165, 1.54) is 0 Å². The number of carbonyl (C=O) groups is 1. The molecule has 0 aromatic heterocycles. The van der Waals surface area contributed by atoms with Crippen molar-refractivity contribution in [2.75, 3.05) is 39.4 Å². The average Bonchev–Trinajstić information content (AvgIpc) is 2.75. The molecule has 16 heavy (non-hydrogen) atoms. The Morgan fingerprint density at radius 1 is 1.38 bits per heavy atom. The lowest BCUT2D eigenvalue weighted by molar-refractivity contribution is -0.140. The Hall–Kier alpha value is -0.650. The second-order valence-electron chi connectivity index (χ2n) is 4.66. The number of carbonyl (C=O) groups excluding carboxylic acids is 1. The molecule has 2 heterocycles. The summed E-state index contributed by atoms with van der Waals surface area (Å²) in [5.41, 5.74) is 5.85. The van der Waals surface area contributed by atoms with Crippen LogP contribution in [0.4, 0.5) is 0 Å². The van der Waals surface area contributed by atoms with Crippen molar-refractivity contribution in [1.82, 2.24) is 9.80 Å². The van der Waals surface area contributed by atoms with E-state index in [0.717, 1.165) is 32.6 Å². The van der Waals surface area contributed by atoms with E-state index in [1.54, 1.807) is 0 Å². The van der Waals surface area contributed by atoms with E-state index in [0.29, 0.717) is 13.2 Å². The van der Waals surface area contributed by atoms with Crippen molar-refractivity contribution in [3.05, 3.63) is 0 Å². The van der Waals surface area contributed by atoms with Crippen LogP contribution in [-0.2, 0) is 9.53 Å². The summed E-state index contributed by atoms with van der Waals surface area (Å²) in [5.74, 6) is 0.220. The van der Waals surface area contributed by atoms with Gasteiger partial charge < -0.3 is 15.4 Å². The third kappa shape index (κ3) is 2.53. The molecule has 0 aliphatic carbocycles. The Morgan fingerprint density at radius 3 is 2.62 bits per heavy atom. The van der Waals surface area contributed by atoms with Gasteiger partial charge >= 0.3 is 0 Å². The lowest BCUT2D eigenvalue weighted by Gasteiger charge is -2.32. The summed E-state index contributed by atoms with van der Waals surface area (Å²) in [6, 6.07) is 0.201. The lowest BCUT2D eigenvalue weighted by atomic mass is 10.2. The molecule has 1 amide bonds. The smallest absolute Gasteiger partial charge is 0.239 e. The van der Waals surface area contributed by atoms with E-state index in [9.17, 15) is 4.79 Å². The van der Waals surface area contributed by atoms with Gasteiger partial charge in [0, 0.05) is 32.2 Å². The van der Waals surface area contributed by atoms with E-state index in [-0.39, 0.29) is 18.0 Å². The molecule has 2 fully saturated rings. The zero-order valence-corrected chi connectivity index (χ0v) is 9.89. The highest BCUT2D eigenvalue weighted by Crippen LogP contribution is 2.13. The number of rotatable bonds is 2. The molecule has 0 saturated carbocycles. The molecule has 2 atom stereocenters. The molecule has 1 unspecified atom stereocenters. The quantitative estimate of drug-likeness (QED) is 0.675. The van der Waals surface area contributed by atoms with E-state index >= 15 is 0 Å². The van der Waals surface area contributed by atoms with Crippen LogP contribution in [0.2, 0.25) is 0 Å². The van der Waals surface area contributed by atoms with Crippen LogP contribution in [0.5, 0.6) is 0 Å². The second kappa shape index (κ2) is 5.12. The van der Waals surface area contributed by atoms with Crippen LogP contribution < -0.4 is 5.73 Å². The molecule has 2 rings (SSSR count). The normalized spacial score (nSPS) is 29.4. The first-order chi connectivity index (χ1) is 7.68. The summed E-state index contributed by atoms with van der Waals surface area (Å²) in [6.07, 6.45) is 1.00. The van der Waals surface area contributed by atoms with Crippen LogP contribution >= 0.6 is 0 Å². The number of morpholine rings is 1. The molecular weight excluding hydrogens is 206 g/mol. The topological polar surface area (TPSA) is 58.8 Å². The predicted molar refractivity (Wildman–Crippen MR) is 61.0 cm³/mol. The molecule has 5 nitrogen and oxygen atoms in total. The van der Waals surface area contributed by atoms with Crippen LogP contribution in [0, 0.1) is 0 Å².